The SMILES string of the molecule is COC(c1ccc(C#N)cc1)C1CCCCC1[C]1=[In][N](F)C(c2ccc(Cl)cc2)=C1F. The van der Waals surface area contributed by atoms with Crippen molar-refractivity contribution in [3.63, 3.8) is 0 Å². The second-order valence-electron chi connectivity index (χ2n) is 8.01. The molecule has 1 saturated carbocycles. The van der Waals surface area contributed by atoms with E-state index in [2.05, 4.69) is 6.07 Å². The number of nitrogens with zero attached hydrogens (tertiary/aromatic N) is 2. The van der Waals surface area contributed by atoms with Crippen molar-refractivity contribution in [1.82, 2.24) is 3.11 Å². The average molecular weight is 543 g/mol. The molecule has 0 aromatic heterocycles. The van der Waals surface area contributed by atoms with E-state index in [9.17, 15) is 4.48 Å². The van der Waals surface area contributed by atoms with Crippen molar-refractivity contribution in [2.45, 2.75) is 31.8 Å². The molecule has 2 aliphatic rings. The number of methoxy groups -OCH3 is 1. The van der Waals surface area contributed by atoms with Crippen LogP contribution in [0.25, 0.3) is 5.70 Å². The standard InChI is InChI=1S/C24H22ClF2N2O.In/c1-30-24(18-8-6-16(15-28)7-9-18)21-5-3-2-4-19(21)14-22(26)23(29-27)17-10-12-20(25)13-11-17;/h6-13,19,21,24H,2-5H2,1H3;/q-1;+1. The summed E-state index contributed by atoms with van der Waals surface area (Å²) in [5.41, 5.74) is 2.15. The van der Waals surface area contributed by atoms with Gasteiger partial charge in [0.25, 0.3) is 0 Å². The van der Waals surface area contributed by atoms with Gasteiger partial charge in [0.1, 0.15) is 0 Å². The van der Waals surface area contributed by atoms with E-state index < -0.39 is 28.5 Å². The van der Waals surface area contributed by atoms with Crippen LogP contribution in [0.1, 0.15) is 48.5 Å². The predicted molar refractivity (Wildman–Crippen MR) is 120 cm³/mol. The summed E-state index contributed by atoms with van der Waals surface area (Å²) in [6.45, 7) is 0. The molecule has 1 aliphatic carbocycles. The summed E-state index contributed by atoms with van der Waals surface area (Å²) < 4.78 is 37.8. The maximum atomic E-state index is 15.6. The first kappa shape index (κ1) is 22.5. The average Bonchev–Trinajstić information content (AvgIpc) is 3.09. The van der Waals surface area contributed by atoms with Crippen molar-refractivity contribution in [3.05, 3.63) is 76.1 Å². The van der Waals surface area contributed by atoms with Gasteiger partial charge >= 0.3 is 198 Å². The topological polar surface area (TPSA) is 36.3 Å². The van der Waals surface area contributed by atoms with Crippen LogP contribution in [-0.2, 0) is 4.74 Å². The summed E-state index contributed by atoms with van der Waals surface area (Å²) in [6, 6.07) is 16.2. The Labute approximate surface area is 197 Å². The summed E-state index contributed by atoms with van der Waals surface area (Å²) in [7, 11) is 1.67. The monoisotopic (exact) mass is 542 g/mol. The third-order valence-electron chi connectivity index (χ3n) is 6.28. The fourth-order valence-electron chi connectivity index (χ4n) is 4.80. The molecule has 7 heteroatoms. The summed E-state index contributed by atoms with van der Waals surface area (Å²) in [4.78, 5) is 0. The molecule has 0 radical (unpaired) electrons. The molecule has 158 valence electrons. The van der Waals surface area contributed by atoms with Crippen LogP contribution in [0.5, 0.6) is 0 Å². The van der Waals surface area contributed by atoms with Gasteiger partial charge in [0.15, 0.2) is 0 Å². The molecule has 31 heavy (non-hydrogen) atoms. The molecule has 0 spiro atoms. The van der Waals surface area contributed by atoms with Crippen LogP contribution in [0, 0.1) is 23.2 Å². The molecule has 1 fully saturated rings. The Balaban J connectivity index is 1.67. The number of benzene rings is 2. The molecule has 0 N–H and O–H groups in total. The van der Waals surface area contributed by atoms with Gasteiger partial charge in [-0.15, -0.1) is 0 Å². The fourth-order valence-corrected chi connectivity index (χ4v) is 9.19. The molecule has 0 amide bonds. The van der Waals surface area contributed by atoms with Crippen molar-refractivity contribution in [1.29, 1.82) is 5.26 Å². The van der Waals surface area contributed by atoms with Crippen molar-refractivity contribution >= 4 is 43.3 Å². The zero-order chi connectivity index (χ0) is 22.0. The van der Waals surface area contributed by atoms with Gasteiger partial charge in [0, 0.05) is 0 Å². The Kier molecular flexibility index (Phi) is 7.15. The van der Waals surface area contributed by atoms with Crippen LogP contribution < -0.4 is 0 Å². The number of ether oxygens (including phenoxy) is 1. The molecule has 3 unspecified atom stereocenters. The summed E-state index contributed by atoms with van der Waals surface area (Å²) >= 11 is 3.83. The summed E-state index contributed by atoms with van der Waals surface area (Å²) in [5, 5.41) is 9.61. The minimum absolute atomic E-state index is 0.0291. The van der Waals surface area contributed by atoms with E-state index in [1.54, 1.807) is 43.5 Å². The van der Waals surface area contributed by atoms with Gasteiger partial charge < -0.3 is 0 Å². The molecule has 0 bridgehead atoms. The Morgan fingerprint density at radius 3 is 2.45 bits per heavy atom. The zero-order valence-corrected chi connectivity index (χ0v) is 21.2. The quantitative estimate of drug-likeness (QED) is 0.433. The van der Waals surface area contributed by atoms with E-state index in [1.165, 1.54) is 0 Å². The molecule has 4 rings (SSSR count). The van der Waals surface area contributed by atoms with Crippen LogP contribution in [0.2, 0.25) is 5.02 Å². The summed E-state index contributed by atoms with van der Waals surface area (Å²) in [5.74, 6) is -0.340. The molecule has 1 aliphatic heterocycles. The third kappa shape index (κ3) is 4.60. The van der Waals surface area contributed by atoms with Crippen LogP contribution in [0.4, 0.5) is 8.87 Å². The number of halogens is 3. The van der Waals surface area contributed by atoms with Gasteiger partial charge in [-0.1, -0.05) is 0 Å². The minimum atomic E-state index is -2.12. The number of allylic oxidation sites excluding steroid dienone is 1. The van der Waals surface area contributed by atoms with Crippen LogP contribution in [-0.4, -0.2) is 36.2 Å². The number of hydrogen-bond acceptors (Lipinski definition) is 3. The normalized spacial score (nSPS) is 22.0. The third-order valence-corrected chi connectivity index (χ3v) is 10.7. The number of hydrogen-bond donors (Lipinski definition) is 0. The molecule has 3 nitrogen and oxygen atoms in total. The van der Waals surface area contributed by atoms with E-state index in [0.717, 1.165) is 31.2 Å². The van der Waals surface area contributed by atoms with Crippen LogP contribution >= 0.6 is 11.6 Å². The molecular formula is C24H22ClF2InN2O. The first-order valence-corrected chi connectivity index (χ1v) is 13.9. The van der Waals surface area contributed by atoms with Crippen molar-refractivity contribution < 1.29 is 13.6 Å². The number of rotatable bonds is 5. The maximum absolute atomic E-state index is 15.6. The van der Waals surface area contributed by atoms with Gasteiger partial charge in [0.2, 0.25) is 0 Å². The van der Waals surface area contributed by atoms with E-state index in [1.807, 2.05) is 12.1 Å². The predicted octanol–water partition coefficient (Wildman–Crippen LogP) is 6.04. The van der Waals surface area contributed by atoms with Crippen molar-refractivity contribution in [3.8, 4) is 6.07 Å². The second kappa shape index (κ2) is 9.85. The zero-order valence-electron chi connectivity index (χ0n) is 17.2. The van der Waals surface area contributed by atoms with E-state index in [-0.39, 0.29) is 23.6 Å². The van der Waals surface area contributed by atoms with E-state index >= 15 is 4.39 Å². The molecule has 1 heterocycles. The van der Waals surface area contributed by atoms with Gasteiger partial charge in [-0.05, 0) is 0 Å². The Morgan fingerprint density at radius 2 is 1.81 bits per heavy atom. The van der Waals surface area contributed by atoms with Gasteiger partial charge in [-0.2, -0.15) is 0 Å². The second-order valence-corrected chi connectivity index (χ2v) is 12.3. The van der Waals surface area contributed by atoms with Crippen LogP contribution in [0.15, 0.2) is 54.4 Å². The van der Waals surface area contributed by atoms with E-state index in [0.29, 0.717) is 22.5 Å². The fraction of sp³-hybridized carbons (Fsp3) is 0.333. The van der Waals surface area contributed by atoms with Gasteiger partial charge in [0.05, 0.1) is 0 Å². The van der Waals surface area contributed by atoms with Gasteiger partial charge in [-0.3, -0.25) is 0 Å². The first-order chi connectivity index (χ1) is 15.0. The van der Waals surface area contributed by atoms with Crippen LogP contribution in [0.3, 0.4) is 0 Å². The Hall–Kier alpha value is -1.68. The Bertz CT molecular complexity index is 1050. The molecular weight excluding hydrogens is 521 g/mol. The number of nitriles is 1. The van der Waals surface area contributed by atoms with Gasteiger partial charge in [-0.25, -0.2) is 0 Å². The first-order valence-electron chi connectivity index (χ1n) is 10.4. The van der Waals surface area contributed by atoms with E-state index in [4.69, 9.17) is 21.6 Å². The van der Waals surface area contributed by atoms with Crippen molar-refractivity contribution in [2.75, 3.05) is 7.11 Å². The van der Waals surface area contributed by atoms with Crippen molar-refractivity contribution in [2.24, 2.45) is 11.8 Å². The molecule has 0 saturated heterocycles. The molecule has 3 atom stereocenters. The Morgan fingerprint density at radius 1 is 1.13 bits per heavy atom. The summed E-state index contributed by atoms with van der Waals surface area (Å²) in [6.07, 6.45) is 3.59. The molecule has 2 aromatic rings. The molecule has 2 aromatic carbocycles.